The van der Waals surface area contributed by atoms with Crippen LogP contribution in [0.1, 0.15) is 50.7 Å². The van der Waals surface area contributed by atoms with Gasteiger partial charge in [-0.25, -0.2) is 13.4 Å². The number of aromatic hydroxyl groups is 1. The SMILES string of the molecule is CC(C)CCNC1Cc2c(cc(O)c(N3CC(=O)NS3(=O)=O)c2F)C2(CC2)C1. The van der Waals surface area contributed by atoms with Gasteiger partial charge in [-0.1, -0.05) is 13.8 Å². The van der Waals surface area contributed by atoms with E-state index in [1.807, 2.05) is 4.72 Å². The van der Waals surface area contributed by atoms with Gasteiger partial charge < -0.3 is 10.4 Å². The molecule has 28 heavy (non-hydrogen) atoms. The van der Waals surface area contributed by atoms with Crippen LogP contribution in [-0.2, 0) is 26.8 Å². The fourth-order valence-electron chi connectivity index (χ4n) is 4.47. The summed E-state index contributed by atoms with van der Waals surface area (Å²) in [4.78, 5) is 11.5. The van der Waals surface area contributed by atoms with E-state index in [2.05, 4.69) is 19.2 Å². The first-order valence-corrected chi connectivity index (χ1v) is 11.2. The molecule has 7 nitrogen and oxygen atoms in total. The van der Waals surface area contributed by atoms with E-state index in [9.17, 15) is 18.3 Å². The van der Waals surface area contributed by atoms with Crippen molar-refractivity contribution in [3.63, 3.8) is 0 Å². The summed E-state index contributed by atoms with van der Waals surface area (Å²) in [6.45, 7) is 4.62. The Bertz CT molecular complexity index is 928. The normalized spacial score (nSPS) is 24.5. The molecule has 1 saturated carbocycles. The van der Waals surface area contributed by atoms with E-state index in [4.69, 9.17) is 0 Å². The van der Waals surface area contributed by atoms with Crippen molar-refractivity contribution < 1.29 is 22.7 Å². The third-order valence-electron chi connectivity index (χ3n) is 6.06. The van der Waals surface area contributed by atoms with Crippen molar-refractivity contribution >= 4 is 21.8 Å². The van der Waals surface area contributed by atoms with Crippen LogP contribution in [0.25, 0.3) is 0 Å². The molecule has 2 fully saturated rings. The second-order valence-electron chi connectivity index (χ2n) is 8.64. The minimum absolute atomic E-state index is 0.107. The second kappa shape index (κ2) is 6.59. The lowest BCUT2D eigenvalue weighted by Crippen LogP contribution is -2.40. The fraction of sp³-hybridized carbons (Fsp3) is 0.632. The average Bonchev–Trinajstić information content (AvgIpc) is 3.28. The van der Waals surface area contributed by atoms with Crippen LogP contribution in [0.15, 0.2) is 6.07 Å². The lowest BCUT2D eigenvalue weighted by molar-refractivity contribution is -0.117. The number of nitrogens with zero attached hydrogens (tertiary/aromatic N) is 1. The van der Waals surface area contributed by atoms with Crippen molar-refractivity contribution in [2.24, 2.45) is 5.92 Å². The molecule has 2 aliphatic carbocycles. The molecule has 154 valence electrons. The Balaban J connectivity index is 1.70. The van der Waals surface area contributed by atoms with Crippen LogP contribution < -0.4 is 14.3 Å². The maximum absolute atomic E-state index is 15.5. The fourth-order valence-corrected chi connectivity index (χ4v) is 5.63. The number of hydrogen-bond acceptors (Lipinski definition) is 5. The number of amides is 1. The van der Waals surface area contributed by atoms with Crippen molar-refractivity contribution in [2.75, 3.05) is 17.4 Å². The molecular weight excluding hydrogens is 385 g/mol. The molecule has 1 aromatic carbocycles. The molecule has 3 N–H and O–H groups in total. The van der Waals surface area contributed by atoms with Crippen LogP contribution in [-0.4, -0.2) is 38.6 Å². The highest BCUT2D eigenvalue weighted by atomic mass is 32.2. The molecule has 0 aromatic heterocycles. The van der Waals surface area contributed by atoms with Crippen LogP contribution in [0.5, 0.6) is 5.75 Å². The number of carbonyl (C=O) groups excluding carboxylic acids is 1. The van der Waals surface area contributed by atoms with Crippen LogP contribution >= 0.6 is 0 Å². The van der Waals surface area contributed by atoms with E-state index in [1.54, 1.807) is 0 Å². The highest BCUT2D eigenvalue weighted by molar-refractivity contribution is 7.92. The minimum atomic E-state index is -4.19. The summed E-state index contributed by atoms with van der Waals surface area (Å²) in [5.41, 5.74) is 0.658. The van der Waals surface area contributed by atoms with Gasteiger partial charge >= 0.3 is 10.2 Å². The second-order valence-corrected chi connectivity index (χ2v) is 10.2. The van der Waals surface area contributed by atoms with Gasteiger partial charge in [-0.15, -0.1) is 0 Å². The predicted molar refractivity (Wildman–Crippen MR) is 103 cm³/mol. The standard InChI is InChI=1S/C19H26FN3O4S/c1-11(2)3-6-21-12-7-13-14(19(9-12)4-5-19)8-15(24)18(17(13)20)23-10-16(25)22-28(23,26)27/h8,11-12,21,24H,3-7,9-10H2,1-2H3,(H,22,25). The van der Waals surface area contributed by atoms with Gasteiger partial charge in [0.15, 0.2) is 5.82 Å². The Morgan fingerprint density at radius 2 is 2.14 bits per heavy atom. The summed E-state index contributed by atoms with van der Waals surface area (Å²) in [5, 5.41) is 14.0. The third kappa shape index (κ3) is 3.24. The van der Waals surface area contributed by atoms with Gasteiger partial charge in [0, 0.05) is 6.04 Å². The molecule has 0 bridgehead atoms. The summed E-state index contributed by atoms with van der Waals surface area (Å²) >= 11 is 0. The molecule has 0 radical (unpaired) electrons. The first-order chi connectivity index (χ1) is 13.1. The largest absolute Gasteiger partial charge is 0.506 e. The summed E-state index contributed by atoms with van der Waals surface area (Å²) in [6, 6.07) is 1.61. The first-order valence-electron chi connectivity index (χ1n) is 9.74. The van der Waals surface area contributed by atoms with Gasteiger partial charge in [0.2, 0.25) is 0 Å². The Kier molecular flexibility index (Phi) is 4.58. The summed E-state index contributed by atoms with van der Waals surface area (Å²) < 4.78 is 42.3. The van der Waals surface area contributed by atoms with Gasteiger partial charge in [0.1, 0.15) is 18.0 Å². The lowest BCUT2D eigenvalue weighted by Gasteiger charge is -2.34. The third-order valence-corrected chi connectivity index (χ3v) is 7.44. The summed E-state index contributed by atoms with van der Waals surface area (Å²) in [5.74, 6) is -1.35. The van der Waals surface area contributed by atoms with Crippen molar-refractivity contribution in [2.45, 2.75) is 57.4 Å². The summed E-state index contributed by atoms with van der Waals surface area (Å²) in [7, 11) is -4.19. The van der Waals surface area contributed by atoms with Gasteiger partial charge in [-0.05, 0) is 67.2 Å². The zero-order valence-corrected chi connectivity index (χ0v) is 16.9. The Labute approximate surface area is 164 Å². The van der Waals surface area contributed by atoms with E-state index < -0.39 is 39.9 Å². The van der Waals surface area contributed by atoms with Crippen LogP contribution in [0.3, 0.4) is 0 Å². The smallest absolute Gasteiger partial charge is 0.326 e. The quantitative estimate of drug-likeness (QED) is 0.685. The lowest BCUT2D eigenvalue weighted by atomic mass is 9.77. The van der Waals surface area contributed by atoms with Gasteiger partial charge in [-0.2, -0.15) is 8.42 Å². The number of halogens is 1. The number of phenolic OH excluding ortho intramolecular Hbond substituents is 1. The van der Waals surface area contributed by atoms with Crippen LogP contribution in [0, 0.1) is 11.7 Å². The van der Waals surface area contributed by atoms with E-state index in [0.29, 0.717) is 22.2 Å². The van der Waals surface area contributed by atoms with E-state index in [0.717, 1.165) is 37.8 Å². The molecule has 4 rings (SSSR count). The van der Waals surface area contributed by atoms with Gasteiger partial charge in [-0.3, -0.25) is 4.79 Å². The number of carbonyl (C=O) groups is 1. The molecule has 1 aliphatic heterocycles. The minimum Gasteiger partial charge on any atom is -0.506 e. The molecule has 1 saturated heterocycles. The van der Waals surface area contributed by atoms with Crippen LogP contribution in [0.4, 0.5) is 10.1 Å². The number of rotatable bonds is 5. The number of fused-ring (bicyclic) bond motifs is 2. The van der Waals surface area contributed by atoms with Crippen molar-refractivity contribution in [1.29, 1.82) is 0 Å². The molecule has 3 aliphatic rings. The molecular formula is C19H26FN3O4S. The van der Waals surface area contributed by atoms with Gasteiger partial charge in [0.25, 0.3) is 5.91 Å². The molecule has 1 amide bonds. The van der Waals surface area contributed by atoms with Crippen LogP contribution in [0.2, 0.25) is 0 Å². The zero-order chi connectivity index (χ0) is 20.3. The number of benzene rings is 1. The Morgan fingerprint density at radius 3 is 2.71 bits per heavy atom. The number of phenols is 1. The van der Waals surface area contributed by atoms with E-state index >= 15 is 4.39 Å². The average molecular weight is 411 g/mol. The Morgan fingerprint density at radius 1 is 1.43 bits per heavy atom. The highest BCUT2D eigenvalue weighted by Gasteiger charge is 2.51. The maximum Gasteiger partial charge on any atom is 0.326 e. The molecule has 9 heteroatoms. The number of hydrogen-bond donors (Lipinski definition) is 3. The molecule has 1 unspecified atom stereocenters. The monoisotopic (exact) mass is 411 g/mol. The topological polar surface area (TPSA) is 98.7 Å². The van der Waals surface area contributed by atoms with E-state index in [-0.39, 0.29) is 11.5 Å². The predicted octanol–water partition coefficient (Wildman–Crippen LogP) is 1.69. The molecule has 1 atom stereocenters. The molecule has 1 heterocycles. The first kappa shape index (κ1) is 19.4. The van der Waals surface area contributed by atoms with Gasteiger partial charge in [0.05, 0.1) is 0 Å². The number of nitrogens with one attached hydrogen (secondary N) is 2. The molecule has 1 aromatic rings. The Hall–Kier alpha value is -1.87. The van der Waals surface area contributed by atoms with Crippen molar-refractivity contribution in [3.05, 3.63) is 23.0 Å². The number of anilines is 1. The summed E-state index contributed by atoms with van der Waals surface area (Å²) in [6.07, 6.45) is 4.21. The molecule has 1 spiro atoms. The van der Waals surface area contributed by atoms with Crippen molar-refractivity contribution in [3.8, 4) is 5.75 Å². The highest BCUT2D eigenvalue weighted by Crippen LogP contribution is 2.57. The van der Waals surface area contributed by atoms with E-state index in [1.165, 1.54) is 6.07 Å². The zero-order valence-electron chi connectivity index (χ0n) is 16.1. The maximum atomic E-state index is 15.5. The van der Waals surface area contributed by atoms with Crippen molar-refractivity contribution in [1.82, 2.24) is 10.0 Å².